The zero-order valence-corrected chi connectivity index (χ0v) is 14.7. The number of imidazole rings is 1. The van der Waals surface area contributed by atoms with Crippen molar-refractivity contribution in [3.63, 3.8) is 0 Å². The lowest BCUT2D eigenvalue weighted by atomic mass is 10.1. The minimum absolute atomic E-state index is 0. The van der Waals surface area contributed by atoms with Gasteiger partial charge in [-0.1, -0.05) is 12.1 Å². The van der Waals surface area contributed by atoms with Gasteiger partial charge in [-0.2, -0.15) is 0 Å². The summed E-state index contributed by atoms with van der Waals surface area (Å²) in [6.07, 6.45) is 0. The van der Waals surface area contributed by atoms with Crippen molar-refractivity contribution in [2.75, 3.05) is 12.8 Å². The highest BCUT2D eigenvalue weighted by molar-refractivity contribution is 8.93. The van der Waals surface area contributed by atoms with E-state index >= 15 is 0 Å². The molecule has 0 saturated carbocycles. The number of Topliss-reactive ketones (excluding diaryl/α,β-unsaturated/α-hetero) is 1. The number of nitrogen functional groups attached to an aromatic ring is 1. The number of anilines is 1. The Bertz CT molecular complexity index is 841. The van der Waals surface area contributed by atoms with Crippen LogP contribution in [0.4, 0.5) is 5.95 Å². The molecule has 3 rings (SSSR count). The molecule has 0 radical (unpaired) electrons. The first kappa shape index (κ1) is 17.0. The number of para-hydroxylation sites is 2. The summed E-state index contributed by atoms with van der Waals surface area (Å²) >= 11 is 0. The number of nitrogens with zero attached hydrogens (tertiary/aromatic N) is 2. The third kappa shape index (κ3) is 3.07. The Morgan fingerprint density at radius 1 is 1.17 bits per heavy atom. The molecular formula is C17H19BrN3O2+. The summed E-state index contributed by atoms with van der Waals surface area (Å²) in [5, 5.41) is 0. The largest absolute Gasteiger partial charge is 0.497 e. The number of fused-ring (bicyclic) bond motifs is 1. The van der Waals surface area contributed by atoms with Gasteiger partial charge in [0.05, 0.1) is 14.2 Å². The Morgan fingerprint density at radius 3 is 2.48 bits per heavy atom. The van der Waals surface area contributed by atoms with E-state index in [9.17, 15) is 4.79 Å². The quantitative estimate of drug-likeness (QED) is 0.562. The molecular weight excluding hydrogens is 358 g/mol. The van der Waals surface area contributed by atoms with Crippen LogP contribution in [0.25, 0.3) is 11.0 Å². The molecule has 120 valence electrons. The van der Waals surface area contributed by atoms with Crippen LogP contribution in [0, 0.1) is 0 Å². The Balaban J connectivity index is 0.00000192. The number of aromatic nitrogens is 2. The molecule has 3 aromatic rings. The van der Waals surface area contributed by atoms with E-state index in [4.69, 9.17) is 10.5 Å². The molecule has 0 aliphatic carbocycles. The summed E-state index contributed by atoms with van der Waals surface area (Å²) in [5.74, 6) is 1.30. The second-order valence-electron chi connectivity index (χ2n) is 5.14. The smallest absolute Gasteiger partial charge is 0.356 e. The lowest BCUT2D eigenvalue weighted by Gasteiger charge is -2.03. The highest BCUT2D eigenvalue weighted by Gasteiger charge is 2.20. The van der Waals surface area contributed by atoms with Crippen LogP contribution in [-0.2, 0) is 13.6 Å². The zero-order chi connectivity index (χ0) is 15.7. The van der Waals surface area contributed by atoms with Gasteiger partial charge in [0.15, 0.2) is 5.78 Å². The molecule has 0 fully saturated rings. The average Bonchev–Trinajstić information content (AvgIpc) is 2.80. The monoisotopic (exact) mass is 376 g/mol. The lowest BCUT2D eigenvalue weighted by molar-refractivity contribution is -0.630. The van der Waals surface area contributed by atoms with Crippen molar-refractivity contribution in [2.24, 2.45) is 7.05 Å². The summed E-state index contributed by atoms with van der Waals surface area (Å²) in [5.41, 5.74) is 8.73. The first-order valence-corrected chi connectivity index (χ1v) is 7.02. The van der Waals surface area contributed by atoms with Gasteiger partial charge in [-0.3, -0.25) is 10.5 Å². The number of methoxy groups -OCH3 is 1. The second kappa shape index (κ2) is 6.83. The Hall–Kier alpha value is -2.34. The van der Waals surface area contributed by atoms with E-state index < -0.39 is 0 Å². The van der Waals surface area contributed by atoms with Crippen LogP contribution in [0.2, 0.25) is 0 Å². The topological polar surface area (TPSA) is 61.1 Å². The molecule has 6 heteroatoms. The molecule has 2 N–H and O–H groups in total. The lowest BCUT2D eigenvalue weighted by Crippen LogP contribution is -2.31. The van der Waals surface area contributed by atoms with Crippen LogP contribution >= 0.6 is 17.0 Å². The number of hydrogen-bond acceptors (Lipinski definition) is 3. The van der Waals surface area contributed by atoms with E-state index in [1.54, 1.807) is 31.4 Å². The van der Waals surface area contributed by atoms with E-state index in [0.717, 1.165) is 16.8 Å². The van der Waals surface area contributed by atoms with Crippen LogP contribution in [0.1, 0.15) is 10.4 Å². The van der Waals surface area contributed by atoms with Gasteiger partial charge >= 0.3 is 5.95 Å². The Kier molecular flexibility index (Phi) is 5.05. The highest BCUT2D eigenvalue weighted by Crippen LogP contribution is 2.17. The van der Waals surface area contributed by atoms with Gasteiger partial charge in [0.1, 0.15) is 23.3 Å². The van der Waals surface area contributed by atoms with Crippen molar-refractivity contribution in [1.29, 1.82) is 0 Å². The fourth-order valence-electron chi connectivity index (χ4n) is 2.58. The molecule has 23 heavy (non-hydrogen) atoms. The summed E-state index contributed by atoms with van der Waals surface area (Å²) in [6, 6.07) is 14.9. The van der Waals surface area contributed by atoms with E-state index in [1.807, 2.05) is 40.4 Å². The molecule has 0 unspecified atom stereocenters. The maximum atomic E-state index is 12.5. The van der Waals surface area contributed by atoms with Crippen molar-refractivity contribution in [3.8, 4) is 5.75 Å². The number of ketones is 1. The summed E-state index contributed by atoms with van der Waals surface area (Å²) in [7, 11) is 3.50. The van der Waals surface area contributed by atoms with Crippen LogP contribution in [-0.4, -0.2) is 17.5 Å². The maximum absolute atomic E-state index is 12.5. The van der Waals surface area contributed by atoms with Gasteiger partial charge < -0.3 is 4.74 Å². The third-order valence-electron chi connectivity index (χ3n) is 3.87. The Labute approximate surface area is 145 Å². The normalized spacial score (nSPS) is 10.3. The van der Waals surface area contributed by atoms with Crippen LogP contribution < -0.4 is 15.0 Å². The molecule has 0 saturated heterocycles. The molecule has 0 aliphatic rings. The molecule has 0 spiro atoms. The van der Waals surface area contributed by atoms with Crippen molar-refractivity contribution >= 4 is 39.7 Å². The number of rotatable bonds is 4. The molecule has 0 atom stereocenters. The second-order valence-corrected chi connectivity index (χ2v) is 5.14. The summed E-state index contributed by atoms with van der Waals surface area (Å²) < 4.78 is 8.83. The van der Waals surface area contributed by atoms with Crippen molar-refractivity contribution < 1.29 is 14.1 Å². The summed E-state index contributed by atoms with van der Waals surface area (Å²) in [6.45, 7) is 0.208. The molecule has 0 bridgehead atoms. The van der Waals surface area contributed by atoms with Gasteiger partial charge in [0, 0.05) is 5.56 Å². The zero-order valence-electron chi connectivity index (χ0n) is 13.0. The van der Waals surface area contributed by atoms with Gasteiger partial charge in [-0.25, -0.2) is 9.13 Å². The van der Waals surface area contributed by atoms with Gasteiger partial charge in [-0.15, -0.1) is 17.0 Å². The minimum Gasteiger partial charge on any atom is -0.497 e. The third-order valence-corrected chi connectivity index (χ3v) is 3.87. The molecule has 1 heterocycles. The molecule has 0 aliphatic heterocycles. The Morgan fingerprint density at radius 2 is 1.83 bits per heavy atom. The predicted octanol–water partition coefficient (Wildman–Crippen LogP) is 2.52. The minimum atomic E-state index is 0. The number of carbonyl (C=O) groups excluding carboxylic acids is 1. The maximum Gasteiger partial charge on any atom is 0.356 e. The van der Waals surface area contributed by atoms with Gasteiger partial charge in [-0.05, 0) is 36.4 Å². The first-order valence-electron chi connectivity index (χ1n) is 7.02. The number of benzene rings is 2. The number of nitrogens with two attached hydrogens (primary N) is 1. The fourth-order valence-corrected chi connectivity index (χ4v) is 2.58. The van der Waals surface area contributed by atoms with Crippen LogP contribution in [0.3, 0.4) is 0 Å². The SMILES string of the molecule is Br.COc1ccc(C(=O)Cn2c(N)[n+](C)c3ccccc32)cc1. The first-order chi connectivity index (χ1) is 10.6. The van der Waals surface area contributed by atoms with Gasteiger partial charge in [0.2, 0.25) is 0 Å². The van der Waals surface area contributed by atoms with E-state index in [-0.39, 0.29) is 29.3 Å². The average molecular weight is 377 g/mol. The number of aryl methyl sites for hydroxylation is 1. The molecule has 5 nitrogen and oxygen atoms in total. The van der Waals surface area contributed by atoms with E-state index in [0.29, 0.717) is 11.5 Å². The standard InChI is InChI=1S/C17H17N3O2.BrH/c1-19-14-5-3-4-6-15(14)20(17(19)18)11-16(21)12-7-9-13(22-2)10-8-12;/h3-10,18H,11H2,1-2H3;1H/p+1. The molecule has 0 amide bonds. The van der Waals surface area contributed by atoms with Gasteiger partial charge in [0.25, 0.3) is 0 Å². The summed E-state index contributed by atoms with van der Waals surface area (Å²) in [4.78, 5) is 12.5. The number of ether oxygens (including phenoxy) is 1. The van der Waals surface area contributed by atoms with E-state index in [1.165, 1.54) is 0 Å². The number of hydrogen-bond donors (Lipinski definition) is 1. The van der Waals surface area contributed by atoms with Crippen molar-refractivity contribution in [3.05, 3.63) is 54.1 Å². The fraction of sp³-hybridized carbons (Fsp3) is 0.176. The van der Waals surface area contributed by atoms with Crippen LogP contribution in [0.5, 0.6) is 5.75 Å². The van der Waals surface area contributed by atoms with Crippen molar-refractivity contribution in [2.45, 2.75) is 6.54 Å². The van der Waals surface area contributed by atoms with E-state index in [2.05, 4.69) is 0 Å². The number of carbonyl (C=O) groups is 1. The number of halogens is 1. The van der Waals surface area contributed by atoms with Crippen molar-refractivity contribution in [1.82, 2.24) is 4.57 Å². The molecule has 1 aromatic heterocycles. The predicted molar refractivity (Wildman–Crippen MR) is 95.2 cm³/mol. The molecule has 2 aromatic carbocycles. The highest BCUT2D eigenvalue weighted by atomic mass is 79.9. The van der Waals surface area contributed by atoms with Crippen LogP contribution in [0.15, 0.2) is 48.5 Å².